The number of aromatic nitrogens is 3. The maximum Gasteiger partial charge on any atom is 0.250 e. The van der Waals surface area contributed by atoms with E-state index >= 15 is 0 Å². The van der Waals surface area contributed by atoms with Crippen molar-refractivity contribution >= 4 is 47.0 Å². The van der Waals surface area contributed by atoms with Crippen molar-refractivity contribution in [3.8, 4) is 0 Å². The van der Waals surface area contributed by atoms with E-state index in [0.717, 1.165) is 20.0 Å². The predicted octanol–water partition coefficient (Wildman–Crippen LogP) is 3.78. The molecule has 1 aromatic carbocycles. The number of rotatable bonds is 8. The van der Waals surface area contributed by atoms with Crippen LogP contribution in [0.15, 0.2) is 62.6 Å². The Kier molecular flexibility index (Phi) is 7.37. The van der Waals surface area contributed by atoms with E-state index in [4.69, 9.17) is 0 Å². The van der Waals surface area contributed by atoms with E-state index in [0.29, 0.717) is 0 Å². The highest BCUT2D eigenvalue weighted by Crippen LogP contribution is 2.30. The molecule has 0 atom stereocenters. The quantitative estimate of drug-likeness (QED) is 0.343. The standard InChI is InChI=1S/C18H17N5OS3/c1-13-2-4-15(5-3-13)11-25-17-22-23-18(27-17)26-12-16(24)21-20-10-14-6-8-19-9-7-14/h2-10H,11-12H2,1H3,(H,21,24)/b20-10-. The number of aryl methyl sites for hydroxylation is 1. The van der Waals surface area contributed by atoms with Gasteiger partial charge in [-0.05, 0) is 30.2 Å². The molecule has 0 radical (unpaired) electrons. The molecule has 2 heterocycles. The first kappa shape index (κ1) is 19.5. The van der Waals surface area contributed by atoms with Gasteiger partial charge in [0, 0.05) is 18.1 Å². The summed E-state index contributed by atoms with van der Waals surface area (Å²) in [6.07, 6.45) is 4.92. The largest absolute Gasteiger partial charge is 0.272 e. The second-order valence-electron chi connectivity index (χ2n) is 5.47. The first-order valence-corrected chi connectivity index (χ1v) is 10.8. The Morgan fingerprint density at radius 2 is 1.81 bits per heavy atom. The van der Waals surface area contributed by atoms with Gasteiger partial charge in [0.15, 0.2) is 8.68 Å². The lowest BCUT2D eigenvalue weighted by Gasteiger charge is -1.99. The van der Waals surface area contributed by atoms with Gasteiger partial charge in [0.1, 0.15) is 0 Å². The number of carbonyl (C=O) groups excluding carboxylic acids is 1. The van der Waals surface area contributed by atoms with Gasteiger partial charge in [-0.25, -0.2) is 5.43 Å². The third kappa shape index (κ3) is 6.78. The van der Waals surface area contributed by atoms with Crippen molar-refractivity contribution in [2.45, 2.75) is 21.4 Å². The summed E-state index contributed by atoms with van der Waals surface area (Å²) in [5.41, 5.74) is 5.88. The predicted molar refractivity (Wildman–Crippen MR) is 111 cm³/mol. The maximum absolute atomic E-state index is 11.8. The molecule has 27 heavy (non-hydrogen) atoms. The maximum atomic E-state index is 11.8. The minimum atomic E-state index is -0.186. The Balaban J connectivity index is 1.40. The topological polar surface area (TPSA) is 80.1 Å². The number of carbonyl (C=O) groups is 1. The van der Waals surface area contributed by atoms with E-state index in [-0.39, 0.29) is 11.7 Å². The van der Waals surface area contributed by atoms with Crippen LogP contribution in [0.1, 0.15) is 16.7 Å². The van der Waals surface area contributed by atoms with Crippen LogP contribution in [0.2, 0.25) is 0 Å². The van der Waals surface area contributed by atoms with E-state index in [2.05, 4.69) is 56.9 Å². The molecular weight excluding hydrogens is 398 g/mol. The van der Waals surface area contributed by atoms with Crippen LogP contribution in [0.5, 0.6) is 0 Å². The third-order valence-corrected chi connectivity index (χ3v) is 6.57. The molecule has 0 aliphatic carbocycles. The SMILES string of the molecule is Cc1ccc(CSc2nnc(SCC(=O)N/N=C\c3ccncc3)s2)cc1. The van der Waals surface area contributed by atoms with Gasteiger partial charge >= 0.3 is 0 Å². The average molecular weight is 416 g/mol. The van der Waals surface area contributed by atoms with Crippen LogP contribution >= 0.6 is 34.9 Å². The number of amides is 1. The van der Waals surface area contributed by atoms with Gasteiger partial charge in [0.2, 0.25) is 0 Å². The molecular formula is C18H17N5OS3. The van der Waals surface area contributed by atoms with E-state index in [9.17, 15) is 4.79 Å². The fourth-order valence-electron chi connectivity index (χ4n) is 1.93. The number of hydrogen-bond acceptors (Lipinski definition) is 8. The van der Waals surface area contributed by atoms with Crippen molar-refractivity contribution in [2.75, 3.05) is 5.75 Å². The summed E-state index contributed by atoms with van der Waals surface area (Å²) >= 11 is 4.50. The van der Waals surface area contributed by atoms with Crippen molar-refractivity contribution in [1.82, 2.24) is 20.6 Å². The minimum Gasteiger partial charge on any atom is -0.272 e. The van der Waals surface area contributed by atoms with Crippen LogP contribution in [0.3, 0.4) is 0 Å². The van der Waals surface area contributed by atoms with E-state index < -0.39 is 0 Å². The zero-order valence-electron chi connectivity index (χ0n) is 14.5. The Labute approximate surface area is 169 Å². The van der Waals surface area contributed by atoms with Gasteiger partial charge in [0.05, 0.1) is 12.0 Å². The molecule has 9 heteroatoms. The molecule has 0 saturated carbocycles. The highest BCUT2D eigenvalue weighted by molar-refractivity contribution is 8.03. The molecule has 0 spiro atoms. The van der Waals surface area contributed by atoms with Crippen molar-refractivity contribution in [2.24, 2.45) is 5.10 Å². The second-order valence-corrected chi connectivity index (χ2v) is 8.89. The smallest absolute Gasteiger partial charge is 0.250 e. The van der Waals surface area contributed by atoms with Gasteiger partial charge in [-0.1, -0.05) is 64.7 Å². The van der Waals surface area contributed by atoms with Gasteiger partial charge in [0.25, 0.3) is 5.91 Å². The zero-order valence-corrected chi connectivity index (χ0v) is 17.0. The lowest BCUT2D eigenvalue weighted by molar-refractivity contribution is -0.118. The van der Waals surface area contributed by atoms with E-state index in [1.165, 1.54) is 34.2 Å². The van der Waals surface area contributed by atoms with Crippen LogP contribution in [-0.2, 0) is 10.5 Å². The summed E-state index contributed by atoms with van der Waals surface area (Å²) in [6.45, 7) is 2.08. The monoisotopic (exact) mass is 415 g/mol. The highest BCUT2D eigenvalue weighted by atomic mass is 32.2. The zero-order chi connectivity index (χ0) is 18.9. The molecule has 2 aromatic heterocycles. The van der Waals surface area contributed by atoms with Crippen molar-refractivity contribution < 1.29 is 4.79 Å². The Morgan fingerprint density at radius 3 is 2.56 bits per heavy atom. The summed E-state index contributed by atoms with van der Waals surface area (Å²) in [7, 11) is 0. The number of nitrogens with one attached hydrogen (secondary N) is 1. The van der Waals surface area contributed by atoms with E-state index in [1.54, 1.807) is 42.5 Å². The summed E-state index contributed by atoms with van der Waals surface area (Å²) < 4.78 is 1.67. The summed E-state index contributed by atoms with van der Waals surface area (Å²) in [4.78, 5) is 15.8. The molecule has 138 valence electrons. The number of thioether (sulfide) groups is 2. The van der Waals surface area contributed by atoms with Gasteiger partial charge in [-0.15, -0.1) is 10.2 Å². The first-order valence-electron chi connectivity index (χ1n) is 8.05. The third-order valence-electron chi connectivity index (χ3n) is 3.31. The van der Waals surface area contributed by atoms with Crippen molar-refractivity contribution in [3.05, 3.63) is 65.5 Å². The first-order chi connectivity index (χ1) is 13.2. The molecule has 0 aliphatic rings. The van der Waals surface area contributed by atoms with Crippen molar-refractivity contribution in [1.29, 1.82) is 0 Å². The Hall–Kier alpha value is -2.23. The van der Waals surface area contributed by atoms with Gasteiger partial charge in [-0.2, -0.15) is 5.10 Å². The van der Waals surface area contributed by atoms with Crippen LogP contribution in [0.4, 0.5) is 0 Å². The molecule has 3 aromatic rings. The molecule has 0 bridgehead atoms. The molecule has 6 nitrogen and oxygen atoms in total. The molecule has 1 amide bonds. The van der Waals surface area contributed by atoms with Crippen LogP contribution in [0.25, 0.3) is 0 Å². The molecule has 1 N–H and O–H groups in total. The lowest BCUT2D eigenvalue weighted by atomic mass is 10.2. The molecule has 3 rings (SSSR count). The fraction of sp³-hybridized carbons (Fsp3) is 0.167. The summed E-state index contributed by atoms with van der Waals surface area (Å²) in [5.74, 6) is 0.906. The normalized spacial score (nSPS) is 11.0. The molecule has 0 unspecified atom stereocenters. The van der Waals surface area contributed by atoms with Crippen LogP contribution in [0, 0.1) is 6.92 Å². The highest BCUT2D eigenvalue weighted by Gasteiger charge is 2.08. The average Bonchev–Trinajstić information content (AvgIpc) is 3.15. The van der Waals surface area contributed by atoms with Gasteiger partial charge in [-0.3, -0.25) is 9.78 Å². The Morgan fingerprint density at radius 1 is 1.11 bits per heavy atom. The van der Waals surface area contributed by atoms with Crippen LogP contribution < -0.4 is 5.43 Å². The Bertz CT molecular complexity index is 897. The second kappa shape index (κ2) is 10.2. The fourth-order valence-corrected chi connectivity index (χ4v) is 4.70. The summed E-state index contributed by atoms with van der Waals surface area (Å²) in [6, 6.07) is 12.1. The molecule has 0 aliphatic heterocycles. The van der Waals surface area contributed by atoms with Crippen molar-refractivity contribution in [3.63, 3.8) is 0 Å². The molecule has 0 fully saturated rings. The lowest BCUT2D eigenvalue weighted by Crippen LogP contribution is -2.19. The van der Waals surface area contributed by atoms with Gasteiger partial charge < -0.3 is 0 Å². The number of pyridine rings is 1. The van der Waals surface area contributed by atoms with Crippen LogP contribution in [-0.4, -0.2) is 33.1 Å². The number of benzene rings is 1. The minimum absolute atomic E-state index is 0.186. The number of nitrogens with zero attached hydrogens (tertiary/aromatic N) is 4. The summed E-state index contributed by atoms with van der Waals surface area (Å²) in [5, 5.41) is 12.2. The van der Waals surface area contributed by atoms with E-state index in [1.807, 2.05) is 0 Å². The number of hydrazone groups is 1. The molecule has 0 saturated heterocycles. The number of hydrogen-bond donors (Lipinski definition) is 1.